The van der Waals surface area contributed by atoms with Gasteiger partial charge in [0.05, 0.1) is 5.75 Å². The summed E-state index contributed by atoms with van der Waals surface area (Å²) in [4.78, 5) is 12.3. The molecule has 3 heterocycles. The van der Waals surface area contributed by atoms with Crippen LogP contribution in [0.3, 0.4) is 0 Å². The Balaban J connectivity index is 1.22. The quantitative estimate of drug-likeness (QED) is 0.446. The number of halogens is 1. The van der Waals surface area contributed by atoms with Gasteiger partial charge in [0, 0.05) is 17.1 Å². The van der Waals surface area contributed by atoms with Gasteiger partial charge in [-0.05, 0) is 54.1 Å². The van der Waals surface area contributed by atoms with E-state index in [9.17, 15) is 4.79 Å². The molecule has 1 amide bonds. The molecule has 0 unspecified atom stereocenters. The Hall–Kier alpha value is -3.30. The fourth-order valence-corrected chi connectivity index (χ4v) is 3.88. The molecule has 156 valence electrons. The summed E-state index contributed by atoms with van der Waals surface area (Å²) < 4.78 is 12.3. The average molecular weight is 454 g/mol. The summed E-state index contributed by atoms with van der Waals surface area (Å²) in [5, 5.41) is 17.2. The first-order valence-electron chi connectivity index (χ1n) is 9.42. The number of nitrogens with one attached hydrogen (secondary N) is 1. The van der Waals surface area contributed by atoms with Crippen molar-refractivity contribution in [3.63, 3.8) is 0 Å². The molecule has 0 spiro atoms. The Labute approximate surface area is 186 Å². The molecule has 2 aromatic heterocycles. The zero-order valence-corrected chi connectivity index (χ0v) is 17.7. The largest absolute Gasteiger partial charge is 0.454 e. The van der Waals surface area contributed by atoms with Gasteiger partial charge >= 0.3 is 0 Å². The van der Waals surface area contributed by atoms with Gasteiger partial charge in [-0.3, -0.25) is 4.79 Å². The average Bonchev–Trinajstić information content (AvgIpc) is 3.43. The van der Waals surface area contributed by atoms with Crippen molar-refractivity contribution in [1.29, 1.82) is 0 Å². The topological polar surface area (TPSA) is 90.6 Å². The molecule has 0 fully saturated rings. The number of thioether (sulfide) groups is 1. The Bertz CT molecular complexity index is 1260. The van der Waals surface area contributed by atoms with Crippen molar-refractivity contribution in [2.45, 2.75) is 11.6 Å². The smallest absolute Gasteiger partial charge is 0.231 e. The summed E-state index contributed by atoms with van der Waals surface area (Å²) in [5.74, 6) is 2.18. The van der Waals surface area contributed by atoms with E-state index in [1.165, 1.54) is 11.8 Å². The number of benzene rings is 2. The number of carbonyl (C=O) groups excluding carboxylic acids is 1. The van der Waals surface area contributed by atoms with E-state index in [-0.39, 0.29) is 18.5 Å². The highest BCUT2D eigenvalue weighted by Gasteiger charge is 2.14. The molecule has 10 heteroatoms. The molecule has 0 bridgehead atoms. The van der Waals surface area contributed by atoms with E-state index in [2.05, 4.69) is 20.6 Å². The summed E-state index contributed by atoms with van der Waals surface area (Å²) in [6, 6.07) is 16.6. The second-order valence-corrected chi connectivity index (χ2v) is 8.16. The predicted octanol–water partition coefficient (Wildman–Crippen LogP) is 3.58. The Morgan fingerprint density at radius 2 is 1.90 bits per heavy atom. The standard InChI is InChI=1S/C21H16ClN5O3S/c22-15-4-2-14(3-5-15)21-25-24-18-7-8-20(26-27(18)21)31-11-19(28)23-10-13-1-6-16-17(9-13)30-12-29-16/h1-9H,10-12H2,(H,23,28). The van der Waals surface area contributed by atoms with Gasteiger partial charge in [-0.25, -0.2) is 0 Å². The maximum Gasteiger partial charge on any atom is 0.231 e. The van der Waals surface area contributed by atoms with Crippen molar-refractivity contribution in [3.05, 3.63) is 65.2 Å². The summed E-state index contributed by atoms with van der Waals surface area (Å²) in [6.07, 6.45) is 0. The van der Waals surface area contributed by atoms with Crippen molar-refractivity contribution < 1.29 is 14.3 Å². The lowest BCUT2D eigenvalue weighted by Gasteiger charge is -2.06. The van der Waals surface area contributed by atoms with Crippen molar-refractivity contribution in [1.82, 2.24) is 25.1 Å². The summed E-state index contributed by atoms with van der Waals surface area (Å²) in [5.41, 5.74) is 2.42. The van der Waals surface area contributed by atoms with E-state index in [0.717, 1.165) is 16.9 Å². The van der Waals surface area contributed by atoms with E-state index in [0.29, 0.717) is 33.8 Å². The first-order valence-corrected chi connectivity index (χ1v) is 10.8. The van der Waals surface area contributed by atoms with Crippen LogP contribution in [0.5, 0.6) is 11.5 Å². The van der Waals surface area contributed by atoms with E-state index in [1.807, 2.05) is 42.5 Å². The van der Waals surface area contributed by atoms with Crippen LogP contribution >= 0.6 is 23.4 Å². The molecule has 2 aromatic carbocycles. The van der Waals surface area contributed by atoms with Gasteiger partial charge in [0.2, 0.25) is 12.7 Å². The van der Waals surface area contributed by atoms with Crippen LogP contribution in [-0.2, 0) is 11.3 Å². The van der Waals surface area contributed by atoms with Gasteiger partial charge < -0.3 is 14.8 Å². The molecular formula is C21H16ClN5O3S. The Morgan fingerprint density at radius 1 is 1.06 bits per heavy atom. The van der Waals surface area contributed by atoms with Crippen LogP contribution in [0.15, 0.2) is 59.6 Å². The number of hydrogen-bond donors (Lipinski definition) is 1. The lowest BCUT2D eigenvalue weighted by Crippen LogP contribution is -2.24. The molecular weight excluding hydrogens is 438 g/mol. The molecule has 0 radical (unpaired) electrons. The maximum atomic E-state index is 12.3. The zero-order chi connectivity index (χ0) is 21.2. The highest BCUT2D eigenvalue weighted by Crippen LogP contribution is 2.32. The van der Waals surface area contributed by atoms with Crippen LogP contribution < -0.4 is 14.8 Å². The van der Waals surface area contributed by atoms with E-state index in [4.69, 9.17) is 21.1 Å². The van der Waals surface area contributed by atoms with Crippen molar-refractivity contribution in [3.8, 4) is 22.9 Å². The third kappa shape index (κ3) is 4.28. The number of carbonyl (C=O) groups is 1. The fraction of sp³-hybridized carbons (Fsp3) is 0.143. The molecule has 31 heavy (non-hydrogen) atoms. The number of fused-ring (bicyclic) bond motifs is 2. The van der Waals surface area contributed by atoms with Gasteiger partial charge in [0.1, 0.15) is 5.03 Å². The third-order valence-corrected chi connectivity index (χ3v) is 5.79. The predicted molar refractivity (Wildman–Crippen MR) is 116 cm³/mol. The van der Waals surface area contributed by atoms with E-state index >= 15 is 0 Å². The first-order chi connectivity index (χ1) is 15.2. The van der Waals surface area contributed by atoms with Gasteiger partial charge in [-0.15, -0.1) is 10.2 Å². The lowest BCUT2D eigenvalue weighted by molar-refractivity contribution is -0.118. The normalized spacial score (nSPS) is 12.3. The molecule has 4 aromatic rings. The van der Waals surface area contributed by atoms with Crippen LogP contribution in [0.4, 0.5) is 0 Å². The van der Waals surface area contributed by atoms with Crippen molar-refractivity contribution in [2.24, 2.45) is 0 Å². The number of ether oxygens (including phenoxy) is 2. The summed E-state index contributed by atoms with van der Waals surface area (Å²) in [6.45, 7) is 0.639. The highest BCUT2D eigenvalue weighted by atomic mass is 35.5. The number of amides is 1. The first kappa shape index (κ1) is 19.7. The maximum absolute atomic E-state index is 12.3. The second-order valence-electron chi connectivity index (χ2n) is 6.73. The summed E-state index contributed by atoms with van der Waals surface area (Å²) >= 11 is 7.31. The monoisotopic (exact) mass is 453 g/mol. The Morgan fingerprint density at radius 3 is 2.77 bits per heavy atom. The molecule has 1 aliphatic rings. The van der Waals surface area contributed by atoms with Crippen LogP contribution in [0.25, 0.3) is 17.0 Å². The number of nitrogens with zero attached hydrogens (tertiary/aromatic N) is 4. The van der Waals surface area contributed by atoms with Crippen molar-refractivity contribution >= 4 is 34.9 Å². The van der Waals surface area contributed by atoms with E-state index < -0.39 is 0 Å². The molecule has 0 aliphatic carbocycles. The number of hydrogen-bond acceptors (Lipinski definition) is 7. The molecule has 0 saturated carbocycles. The molecule has 0 atom stereocenters. The minimum absolute atomic E-state index is 0.0914. The SMILES string of the molecule is O=C(CSc1ccc2nnc(-c3ccc(Cl)cc3)n2n1)NCc1ccc2c(c1)OCO2. The van der Waals surface area contributed by atoms with Gasteiger partial charge in [-0.2, -0.15) is 9.61 Å². The molecule has 1 aliphatic heterocycles. The number of rotatable bonds is 6. The van der Waals surface area contributed by atoms with Crippen LogP contribution in [-0.4, -0.2) is 38.3 Å². The molecule has 0 saturated heterocycles. The second kappa shape index (κ2) is 8.44. The lowest BCUT2D eigenvalue weighted by atomic mass is 10.2. The summed E-state index contributed by atoms with van der Waals surface area (Å²) in [7, 11) is 0. The molecule has 1 N–H and O–H groups in total. The van der Waals surface area contributed by atoms with E-state index in [1.54, 1.807) is 16.6 Å². The fourth-order valence-electron chi connectivity index (χ4n) is 3.07. The van der Waals surface area contributed by atoms with Gasteiger partial charge in [-0.1, -0.05) is 29.4 Å². The van der Waals surface area contributed by atoms with Gasteiger partial charge in [0.25, 0.3) is 0 Å². The third-order valence-electron chi connectivity index (χ3n) is 4.62. The van der Waals surface area contributed by atoms with Crippen molar-refractivity contribution in [2.75, 3.05) is 12.5 Å². The van der Waals surface area contributed by atoms with Crippen LogP contribution in [0.1, 0.15) is 5.56 Å². The highest BCUT2D eigenvalue weighted by molar-refractivity contribution is 7.99. The Kier molecular flexibility index (Phi) is 5.35. The minimum Gasteiger partial charge on any atom is -0.454 e. The number of aromatic nitrogens is 4. The zero-order valence-electron chi connectivity index (χ0n) is 16.1. The van der Waals surface area contributed by atoms with Gasteiger partial charge in [0.15, 0.2) is 23.0 Å². The molecule has 5 rings (SSSR count). The van der Waals surface area contributed by atoms with Crippen LogP contribution in [0.2, 0.25) is 5.02 Å². The molecule has 8 nitrogen and oxygen atoms in total. The van der Waals surface area contributed by atoms with Crippen LogP contribution in [0, 0.1) is 0 Å². The minimum atomic E-state index is -0.0914.